The molecule has 0 aliphatic heterocycles. The zero-order valence-corrected chi connectivity index (χ0v) is 7.66. The van der Waals surface area contributed by atoms with Crippen LogP contribution in [-0.4, -0.2) is 14.8 Å². The number of nitrogens with one attached hydrogen (secondary N) is 1. The van der Waals surface area contributed by atoms with Gasteiger partial charge in [-0.3, -0.25) is 4.79 Å². The van der Waals surface area contributed by atoms with E-state index >= 15 is 0 Å². The minimum Gasteiger partial charge on any atom is -0.357 e. The summed E-state index contributed by atoms with van der Waals surface area (Å²) in [4.78, 5) is 14.5. The van der Waals surface area contributed by atoms with Gasteiger partial charge in [0.25, 0.3) is 5.56 Å². The average molecular weight is 177 g/mol. The Hall–Kier alpha value is -1.58. The molecule has 0 fully saturated rings. The molecule has 0 unspecified atom stereocenters. The van der Waals surface area contributed by atoms with Gasteiger partial charge in [0.2, 0.25) is 0 Å². The van der Waals surface area contributed by atoms with Crippen LogP contribution < -0.4 is 5.56 Å². The van der Waals surface area contributed by atoms with Gasteiger partial charge in [-0.25, -0.2) is 4.68 Å². The monoisotopic (exact) mass is 177 g/mol. The number of nitrogens with zero attached hydrogens (tertiary/aromatic N) is 2. The van der Waals surface area contributed by atoms with E-state index in [-0.39, 0.29) is 5.56 Å². The fourth-order valence-corrected chi connectivity index (χ4v) is 1.49. The van der Waals surface area contributed by atoms with Crippen molar-refractivity contribution in [1.82, 2.24) is 14.8 Å². The summed E-state index contributed by atoms with van der Waals surface area (Å²) in [5.74, 6) is 0. The quantitative estimate of drug-likeness (QED) is 0.701. The first-order valence-corrected chi connectivity index (χ1v) is 4.27. The Morgan fingerprint density at radius 2 is 2.38 bits per heavy atom. The highest BCUT2D eigenvalue weighted by Crippen LogP contribution is 2.11. The van der Waals surface area contributed by atoms with Crippen LogP contribution in [0.1, 0.15) is 12.6 Å². The first kappa shape index (κ1) is 8.04. The smallest absolute Gasteiger partial charge is 0.290 e. The summed E-state index contributed by atoms with van der Waals surface area (Å²) >= 11 is 0. The number of hydrogen-bond donors (Lipinski definition) is 1. The summed E-state index contributed by atoms with van der Waals surface area (Å²) in [7, 11) is 1.67. The number of aromatic amines is 1. The molecule has 1 N–H and O–H groups in total. The molecule has 2 heterocycles. The predicted molar refractivity (Wildman–Crippen MR) is 50.7 cm³/mol. The van der Waals surface area contributed by atoms with Crippen LogP contribution in [0.3, 0.4) is 0 Å². The van der Waals surface area contributed by atoms with E-state index in [1.54, 1.807) is 13.2 Å². The molecule has 0 saturated heterocycles. The summed E-state index contributed by atoms with van der Waals surface area (Å²) in [6.45, 7) is 2.03. The van der Waals surface area contributed by atoms with Crippen molar-refractivity contribution in [1.29, 1.82) is 0 Å². The number of aromatic nitrogens is 3. The van der Waals surface area contributed by atoms with Gasteiger partial charge in [0, 0.05) is 18.6 Å². The van der Waals surface area contributed by atoms with Crippen molar-refractivity contribution < 1.29 is 0 Å². The molecular weight excluding hydrogens is 166 g/mol. The van der Waals surface area contributed by atoms with Crippen LogP contribution in [0.2, 0.25) is 0 Å². The minimum atomic E-state index is -0.0720. The van der Waals surface area contributed by atoms with Gasteiger partial charge < -0.3 is 4.98 Å². The number of fused-ring (bicyclic) bond motifs is 1. The van der Waals surface area contributed by atoms with Crippen LogP contribution in [0, 0.1) is 0 Å². The highest BCUT2D eigenvalue weighted by atomic mass is 16.1. The Kier molecular flexibility index (Phi) is 1.69. The molecule has 13 heavy (non-hydrogen) atoms. The minimum absolute atomic E-state index is 0.0720. The number of aryl methyl sites for hydroxylation is 2. The van der Waals surface area contributed by atoms with Crippen LogP contribution in [-0.2, 0) is 13.5 Å². The van der Waals surface area contributed by atoms with Crippen molar-refractivity contribution in [3.05, 3.63) is 28.3 Å². The van der Waals surface area contributed by atoms with Crippen molar-refractivity contribution in [2.45, 2.75) is 13.3 Å². The van der Waals surface area contributed by atoms with Crippen molar-refractivity contribution in [3.63, 3.8) is 0 Å². The van der Waals surface area contributed by atoms with Gasteiger partial charge in [-0.2, -0.15) is 5.10 Å². The zero-order valence-electron chi connectivity index (χ0n) is 7.66. The second-order valence-electron chi connectivity index (χ2n) is 3.00. The molecule has 0 bridgehead atoms. The van der Waals surface area contributed by atoms with Crippen molar-refractivity contribution >= 4 is 10.9 Å². The maximum absolute atomic E-state index is 11.5. The third-order valence-corrected chi connectivity index (χ3v) is 2.17. The summed E-state index contributed by atoms with van der Waals surface area (Å²) in [5, 5.41) is 5.11. The normalized spacial score (nSPS) is 10.9. The molecular formula is C9H11N3O. The first-order valence-electron chi connectivity index (χ1n) is 4.27. The Labute approximate surface area is 75.2 Å². The standard InChI is InChI=1S/C9H11N3O/c1-3-7-6-4-5-10-8(6)9(13)12(2)11-7/h4-5,10H,3H2,1-2H3. The van der Waals surface area contributed by atoms with E-state index in [0.717, 1.165) is 17.5 Å². The molecule has 0 amide bonds. The number of H-pyrrole nitrogens is 1. The molecule has 0 atom stereocenters. The van der Waals surface area contributed by atoms with Gasteiger partial charge in [-0.1, -0.05) is 6.92 Å². The third-order valence-electron chi connectivity index (χ3n) is 2.17. The molecule has 0 aliphatic rings. The molecule has 2 aromatic heterocycles. The maximum Gasteiger partial charge on any atom is 0.290 e. The van der Waals surface area contributed by atoms with Gasteiger partial charge in [0.15, 0.2) is 0 Å². The maximum atomic E-state index is 11.5. The summed E-state index contributed by atoms with van der Waals surface area (Å²) < 4.78 is 1.37. The van der Waals surface area contributed by atoms with Gasteiger partial charge in [0.1, 0.15) is 5.52 Å². The van der Waals surface area contributed by atoms with E-state index in [1.165, 1.54) is 4.68 Å². The Morgan fingerprint density at radius 1 is 1.62 bits per heavy atom. The van der Waals surface area contributed by atoms with Gasteiger partial charge in [-0.15, -0.1) is 0 Å². The number of hydrogen-bond acceptors (Lipinski definition) is 2. The van der Waals surface area contributed by atoms with E-state index in [4.69, 9.17) is 0 Å². The molecule has 0 saturated carbocycles. The molecule has 0 aliphatic carbocycles. The SMILES string of the molecule is CCc1nn(C)c(=O)c2[nH]ccc12. The third kappa shape index (κ3) is 1.06. The van der Waals surface area contributed by atoms with Crippen molar-refractivity contribution in [2.75, 3.05) is 0 Å². The van der Waals surface area contributed by atoms with E-state index in [2.05, 4.69) is 10.1 Å². The van der Waals surface area contributed by atoms with Crippen LogP contribution in [0.15, 0.2) is 17.1 Å². The zero-order chi connectivity index (χ0) is 9.42. The van der Waals surface area contributed by atoms with Crippen molar-refractivity contribution in [3.8, 4) is 0 Å². The van der Waals surface area contributed by atoms with E-state index in [1.807, 2.05) is 13.0 Å². The molecule has 68 valence electrons. The summed E-state index contributed by atoms with van der Waals surface area (Å²) in [5.41, 5.74) is 1.53. The summed E-state index contributed by atoms with van der Waals surface area (Å²) in [6, 6.07) is 1.89. The highest BCUT2D eigenvalue weighted by molar-refractivity contribution is 5.80. The van der Waals surface area contributed by atoms with Crippen LogP contribution >= 0.6 is 0 Å². The fraction of sp³-hybridized carbons (Fsp3) is 0.333. The van der Waals surface area contributed by atoms with Crippen LogP contribution in [0.5, 0.6) is 0 Å². The second-order valence-corrected chi connectivity index (χ2v) is 3.00. The Bertz CT molecular complexity index is 495. The highest BCUT2D eigenvalue weighted by Gasteiger charge is 2.06. The summed E-state index contributed by atoms with van der Waals surface area (Å²) in [6.07, 6.45) is 2.61. The van der Waals surface area contributed by atoms with Crippen LogP contribution in [0.4, 0.5) is 0 Å². The largest absolute Gasteiger partial charge is 0.357 e. The molecule has 4 nitrogen and oxygen atoms in total. The first-order chi connectivity index (χ1) is 6.24. The topological polar surface area (TPSA) is 50.7 Å². The lowest BCUT2D eigenvalue weighted by atomic mass is 10.2. The average Bonchev–Trinajstić information content (AvgIpc) is 2.60. The van der Waals surface area contributed by atoms with Crippen molar-refractivity contribution in [2.24, 2.45) is 7.05 Å². The van der Waals surface area contributed by atoms with E-state index in [9.17, 15) is 4.79 Å². The predicted octanol–water partition coefficient (Wildman–Crippen LogP) is 0.824. The van der Waals surface area contributed by atoms with Gasteiger partial charge in [0.05, 0.1) is 5.69 Å². The molecule has 0 aromatic carbocycles. The molecule has 0 radical (unpaired) electrons. The lowest BCUT2D eigenvalue weighted by Gasteiger charge is -2.01. The van der Waals surface area contributed by atoms with E-state index < -0.39 is 0 Å². The molecule has 0 spiro atoms. The molecule has 4 heteroatoms. The molecule has 2 rings (SSSR count). The van der Waals surface area contributed by atoms with Gasteiger partial charge >= 0.3 is 0 Å². The van der Waals surface area contributed by atoms with E-state index in [0.29, 0.717) is 5.52 Å². The lowest BCUT2D eigenvalue weighted by Crippen LogP contribution is -2.21. The Morgan fingerprint density at radius 3 is 3.08 bits per heavy atom. The van der Waals surface area contributed by atoms with Gasteiger partial charge in [-0.05, 0) is 12.5 Å². The van der Waals surface area contributed by atoms with Crippen LogP contribution in [0.25, 0.3) is 10.9 Å². The fourth-order valence-electron chi connectivity index (χ4n) is 1.49. The second kappa shape index (κ2) is 2.73. The number of rotatable bonds is 1. The molecule has 2 aromatic rings. The lowest BCUT2D eigenvalue weighted by molar-refractivity contribution is 0.692. The Balaban J connectivity index is 2.95.